The number of aromatic nitrogens is 2. The minimum atomic E-state index is -0.895. The van der Waals surface area contributed by atoms with Gasteiger partial charge in [0.15, 0.2) is 5.82 Å². The van der Waals surface area contributed by atoms with Crippen molar-refractivity contribution in [3.8, 4) is 11.4 Å². The molecule has 1 aliphatic heterocycles. The average molecular weight is 367 g/mol. The molecule has 0 saturated carbocycles. The first kappa shape index (κ1) is 17.0. The van der Waals surface area contributed by atoms with Crippen LogP contribution < -0.4 is 4.90 Å². The molecular formula is C20H21N3O2S. The number of carbonyl (C=O) groups is 1. The lowest BCUT2D eigenvalue weighted by Gasteiger charge is -2.23. The molecule has 26 heavy (non-hydrogen) atoms. The minimum absolute atomic E-state index is 0.357. The maximum absolute atomic E-state index is 11.6. The molecule has 0 bridgehead atoms. The average Bonchev–Trinajstić information content (AvgIpc) is 2.84. The maximum Gasteiger partial charge on any atom is 0.346 e. The first-order valence-electron chi connectivity index (χ1n) is 9.00. The van der Waals surface area contributed by atoms with Gasteiger partial charge in [0.2, 0.25) is 0 Å². The predicted molar refractivity (Wildman–Crippen MR) is 105 cm³/mol. The van der Waals surface area contributed by atoms with Crippen LogP contribution in [0.25, 0.3) is 21.6 Å². The first-order valence-corrected chi connectivity index (χ1v) is 9.81. The third-order valence-electron chi connectivity index (χ3n) is 4.90. The summed E-state index contributed by atoms with van der Waals surface area (Å²) in [5.41, 5.74) is 1.73. The van der Waals surface area contributed by atoms with Gasteiger partial charge < -0.3 is 10.0 Å². The SMILES string of the molecule is Cc1c(C(=O)O)sc2nc(-c3ccccc3)nc(N3CCCCCC3)c12. The lowest BCUT2D eigenvalue weighted by atomic mass is 10.1. The van der Waals surface area contributed by atoms with Gasteiger partial charge in [0.25, 0.3) is 0 Å². The summed E-state index contributed by atoms with van der Waals surface area (Å²) in [5, 5.41) is 10.4. The van der Waals surface area contributed by atoms with Crippen molar-refractivity contribution in [1.29, 1.82) is 0 Å². The standard InChI is InChI=1S/C20H21N3O2S/c1-13-15-18(23-11-7-2-3-8-12-23)21-17(14-9-5-4-6-10-14)22-19(15)26-16(13)20(24)25/h4-6,9-10H,2-3,7-8,11-12H2,1H3,(H,24,25). The summed E-state index contributed by atoms with van der Waals surface area (Å²) in [6.45, 7) is 3.78. The molecule has 0 amide bonds. The number of hydrogen-bond acceptors (Lipinski definition) is 5. The predicted octanol–water partition coefficient (Wildman–Crippen LogP) is 4.75. The summed E-state index contributed by atoms with van der Waals surface area (Å²) in [6, 6.07) is 9.89. The second-order valence-electron chi connectivity index (χ2n) is 6.68. The number of rotatable bonds is 3. The van der Waals surface area contributed by atoms with E-state index >= 15 is 0 Å². The molecule has 1 fully saturated rings. The first-order chi connectivity index (χ1) is 12.6. The summed E-state index contributed by atoms with van der Waals surface area (Å²) in [6.07, 6.45) is 4.75. The highest BCUT2D eigenvalue weighted by atomic mass is 32.1. The quantitative estimate of drug-likeness (QED) is 0.724. The van der Waals surface area contributed by atoms with Gasteiger partial charge in [-0.3, -0.25) is 0 Å². The van der Waals surface area contributed by atoms with E-state index in [4.69, 9.17) is 9.97 Å². The van der Waals surface area contributed by atoms with Crippen LogP contribution in [0.1, 0.15) is 40.9 Å². The third-order valence-corrected chi connectivity index (χ3v) is 6.08. The fourth-order valence-electron chi connectivity index (χ4n) is 3.55. The summed E-state index contributed by atoms with van der Waals surface area (Å²) in [5.74, 6) is 0.654. The molecule has 0 unspecified atom stereocenters. The summed E-state index contributed by atoms with van der Waals surface area (Å²) < 4.78 is 0. The van der Waals surface area contributed by atoms with Crippen LogP contribution in [-0.4, -0.2) is 34.1 Å². The van der Waals surface area contributed by atoms with Gasteiger partial charge in [-0.1, -0.05) is 43.2 Å². The van der Waals surface area contributed by atoms with Crippen LogP contribution in [0.5, 0.6) is 0 Å². The van der Waals surface area contributed by atoms with Crippen LogP contribution in [0.15, 0.2) is 30.3 Å². The van der Waals surface area contributed by atoms with Gasteiger partial charge >= 0.3 is 5.97 Å². The monoisotopic (exact) mass is 367 g/mol. The van der Waals surface area contributed by atoms with E-state index in [9.17, 15) is 9.90 Å². The van der Waals surface area contributed by atoms with Crippen LogP contribution in [-0.2, 0) is 0 Å². The van der Waals surface area contributed by atoms with Crippen LogP contribution in [0.2, 0.25) is 0 Å². The Morgan fingerprint density at radius 1 is 1.08 bits per heavy atom. The Bertz CT molecular complexity index is 945. The molecule has 4 rings (SSSR count). The van der Waals surface area contributed by atoms with Crippen molar-refractivity contribution in [2.45, 2.75) is 32.6 Å². The van der Waals surface area contributed by atoms with Crippen molar-refractivity contribution in [3.05, 3.63) is 40.8 Å². The van der Waals surface area contributed by atoms with E-state index in [1.807, 2.05) is 37.3 Å². The van der Waals surface area contributed by atoms with E-state index < -0.39 is 5.97 Å². The van der Waals surface area contributed by atoms with E-state index in [0.29, 0.717) is 10.7 Å². The van der Waals surface area contributed by atoms with Gasteiger partial charge in [0.1, 0.15) is 15.5 Å². The maximum atomic E-state index is 11.6. The number of carboxylic acids is 1. The van der Waals surface area contributed by atoms with Gasteiger partial charge in [-0.2, -0.15) is 0 Å². The van der Waals surface area contributed by atoms with Crippen molar-refractivity contribution in [2.75, 3.05) is 18.0 Å². The Morgan fingerprint density at radius 2 is 1.77 bits per heavy atom. The summed E-state index contributed by atoms with van der Waals surface area (Å²) in [4.78, 5) is 24.7. The molecule has 6 heteroatoms. The largest absolute Gasteiger partial charge is 0.477 e. The Morgan fingerprint density at radius 3 is 2.42 bits per heavy atom. The van der Waals surface area contributed by atoms with Gasteiger partial charge in [-0.05, 0) is 25.3 Å². The molecule has 1 aromatic carbocycles. The number of aryl methyl sites for hydroxylation is 1. The number of aromatic carboxylic acids is 1. The highest BCUT2D eigenvalue weighted by molar-refractivity contribution is 7.20. The lowest BCUT2D eigenvalue weighted by Crippen LogP contribution is -2.25. The van der Waals surface area contributed by atoms with Crippen LogP contribution in [0.3, 0.4) is 0 Å². The fraction of sp³-hybridized carbons (Fsp3) is 0.350. The number of thiophene rings is 1. The number of fused-ring (bicyclic) bond motifs is 1. The Hall–Kier alpha value is -2.47. The molecule has 1 saturated heterocycles. The number of carboxylic acid groups (broad SMARTS) is 1. The van der Waals surface area contributed by atoms with Crippen molar-refractivity contribution in [2.24, 2.45) is 0 Å². The normalized spacial score (nSPS) is 15.2. The minimum Gasteiger partial charge on any atom is -0.477 e. The van der Waals surface area contributed by atoms with E-state index in [1.165, 1.54) is 24.2 Å². The molecule has 1 aliphatic rings. The van der Waals surface area contributed by atoms with E-state index in [0.717, 1.165) is 53.1 Å². The Kier molecular flexibility index (Phi) is 4.59. The number of benzene rings is 1. The second kappa shape index (κ2) is 7.03. The zero-order chi connectivity index (χ0) is 18.1. The lowest BCUT2D eigenvalue weighted by molar-refractivity contribution is 0.0701. The molecule has 0 radical (unpaired) electrons. The Labute approximate surface area is 156 Å². The van der Waals surface area contributed by atoms with Crippen molar-refractivity contribution < 1.29 is 9.90 Å². The smallest absolute Gasteiger partial charge is 0.346 e. The third kappa shape index (κ3) is 3.05. The van der Waals surface area contributed by atoms with Crippen LogP contribution in [0.4, 0.5) is 5.82 Å². The van der Waals surface area contributed by atoms with Gasteiger partial charge in [0, 0.05) is 18.7 Å². The fourth-order valence-corrected chi connectivity index (χ4v) is 4.56. The van der Waals surface area contributed by atoms with Crippen molar-refractivity contribution in [1.82, 2.24) is 9.97 Å². The van der Waals surface area contributed by atoms with Crippen LogP contribution in [0, 0.1) is 6.92 Å². The molecule has 0 aliphatic carbocycles. The summed E-state index contributed by atoms with van der Waals surface area (Å²) >= 11 is 1.25. The molecule has 3 heterocycles. The molecule has 1 N–H and O–H groups in total. The highest BCUT2D eigenvalue weighted by Gasteiger charge is 2.23. The van der Waals surface area contributed by atoms with Gasteiger partial charge in [-0.15, -0.1) is 11.3 Å². The zero-order valence-electron chi connectivity index (χ0n) is 14.7. The van der Waals surface area contributed by atoms with E-state index in [2.05, 4.69) is 4.90 Å². The van der Waals surface area contributed by atoms with Crippen LogP contribution >= 0.6 is 11.3 Å². The zero-order valence-corrected chi connectivity index (χ0v) is 15.6. The Balaban J connectivity index is 1.94. The van der Waals surface area contributed by atoms with Crippen molar-refractivity contribution >= 4 is 33.3 Å². The van der Waals surface area contributed by atoms with E-state index in [-0.39, 0.29) is 0 Å². The molecule has 5 nitrogen and oxygen atoms in total. The highest BCUT2D eigenvalue weighted by Crippen LogP contribution is 2.37. The van der Waals surface area contributed by atoms with Gasteiger partial charge in [0.05, 0.1) is 5.39 Å². The van der Waals surface area contributed by atoms with Gasteiger partial charge in [-0.25, -0.2) is 14.8 Å². The number of nitrogens with zero attached hydrogens (tertiary/aromatic N) is 3. The van der Waals surface area contributed by atoms with Crippen molar-refractivity contribution in [3.63, 3.8) is 0 Å². The molecule has 3 aromatic rings. The molecule has 0 atom stereocenters. The number of anilines is 1. The summed E-state index contributed by atoms with van der Waals surface area (Å²) in [7, 11) is 0. The molecule has 134 valence electrons. The molecule has 2 aromatic heterocycles. The van der Waals surface area contributed by atoms with E-state index in [1.54, 1.807) is 0 Å². The number of hydrogen-bond donors (Lipinski definition) is 1. The topological polar surface area (TPSA) is 66.3 Å². The molecule has 0 spiro atoms. The molecular weight excluding hydrogens is 346 g/mol. The second-order valence-corrected chi connectivity index (χ2v) is 7.68.